The highest BCUT2D eigenvalue weighted by Gasteiger charge is 2.44. The number of nitrogens with zero attached hydrogens (tertiary/aromatic N) is 4. The molecule has 0 spiro atoms. The normalized spacial score (nSPS) is 33.9. The van der Waals surface area contributed by atoms with Gasteiger partial charge < -0.3 is 15.7 Å². The number of aliphatic hydroxyl groups excluding tert-OH is 1. The second-order valence-electron chi connectivity index (χ2n) is 7.58. The SMILES string of the molecule is Cc1nc(N)nc(N2C[C@H]3C[C@@H](N4CCCC4)[C@H](O)C[C@H]3C2)c1Cl. The quantitative estimate of drug-likeness (QED) is 0.844. The first-order valence-corrected chi connectivity index (χ1v) is 9.37. The fourth-order valence-electron chi connectivity index (χ4n) is 4.82. The minimum atomic E-state index is -0.211. The number of likely N-dealkylation sites (tertiary alicyclic amines) is 1. The predicted octanol–water partition coefficient (Wildman–Crippen LogP) is 1.69. The second-order valence-corrected chi connectivity index (χ2v) is 7.96. The molecule has 1 aromatic heterocycles. The average molecular weight is 352 g/mol. The van der Waals surface area contributed by atoms with Gasteiger partial charge in [0.2, 0.25) is 5.95 Å². The van der Waals surface area contributed by atoms with Gasteiger partial charge in [-0.15, -0.1) is 0 Å². The zero-order valence-corrected chi connectivity index (χ0v) is 14.9. The summed E-state index contributed by atoms with van der Waals surface area (Å²) in [5, 5.41) is 11.2. The Balaban J connectivity index is 1.52. The van der Waals surface area contributed by atoms with Crippen LogP contribution in [0.3, 0.4) is 0 Å². The van der Waals surface area contributed by atoms with Crippen LogP contribution in [0.1, 0.15) is 31.4 Å². The van der Waals surface area contributed by atoms with E-state index >= 15 is 0 Å². The van der Waals surface area contributed by atoms with Gasteiger partial charge >= 0.3 is 0 Å². The highest BCUT2D eigenvalue weighted by Crippen LogP contribution is 2.41. The number of nitrogens with two attached hydrogens (primary N) is 1. The standard InChI is InChI=1S/C17H26ClN5O/c1-10-15(18)16(21-17(19)20-10)23-8-11-6-13(22-4-2-3-5-22)14(24)7-12(11)9-23/h11-14,24H,2-9H2,1H3,(H2,19,20,21)/t11-,12+,13-,14-/m1/s1. The van der Waals surface area contributed by atoms with Gasteiger partial charge in [0.15, 0.2) is 5.82 Å². The molecule has 0 aromatic carbocycles. The second kappa shape index (κ2) is 6.32. The van der Waals surface area contributed by atoms with Crippen molar-refractivity contribution in [2.45, 2.75) is 44.8 Å². The smallest absolute Gasteiger partial charge is 0.222 e. The molecule has 2 saturated heterocycles. The van der Waals surface area contributed by atoms with Crippen molar-refractivity contribution < 1.29 is 5.11 Å². The zero-order valence-electron chi connectivity index (χ0n) is 14.2. The molecule has 1 aromatic rings. The Morgan fingerprint density at radius 1 is 1.12 bits per heavy atom. The minimum Gasteiger partial charge on any atom is -0.391 e. The van der Waals surface area contributed by atoms with Crippen molar-refractivity contribution >= 4 is 23.4 Å². The maximum absolute atomic E-state index is 10.6. The summed E-state index contributed by atoms with van der Waals surface area (Å²) in [4.78, 5) is 13.2. The highest BCUT2D eigenvalue weighted by molar-refractivity contribution is 6.33. The third-order valence-electron chi connectivity index (χ3n) is 6.03. The number of hydrogen-bond donors (Lipinski definition) is 2. The van der Waals surface area contributed by atoms with Gasteiger partial charge in [0.25, 0.3) is 0 Å². The van der Waals surface area contributed by atoms with Crippen LogP contribution in [0.2, 0.25) is 5.02 Å². The van der Waals surface area contributed by atoms with Crippen LogP contribution in [-0.2, 0) is 0 Å². The van der Waals surface area contributed by atoms with Crippen LogP contribution in [0.25, 0.3) is 0 Å². The number of nitrogen functional groups attached to an aromatic ring is 1. The maximum Gasteiger partial charge on any atom is 0.222 e. The Bertz CT molecular complexity index is 621. The van der Waals surface area contributed by atoms with Crippen molar-refractivity contribution in [3.8, 4) is 0 Å². The summed E-state index contributed by atoms with van der Waals surface area (Å²) in [5.74, 6) is 2.12. The molecule has 2 aliphatic heterocycles. The number of halogens is 1. The number of anilines is 2. The molecule has 132 valence electrons. The van der Waals surface area contributed by atoms with E-state index in [-0.39, 0.29) is 12.1 Å². The first-order chi connectivity index (χ1) is 11.5. The molecule has 7 heteroatoms. The van der Waals surface area contributed by atoms with Crippen LogP contribution in [-0.4, -0.2) is 58.3 Å². The van der Waals surface area contributed by atoms with E-state index in [1.54, 1.807) is 0 Å². The molecule has 1 aliphatic carbocycles. The summed E-state index contributed by atoms with van der Waals surface area (Å²) in [6.07, 6.45) is 4.26. The molecule has 24 heavy (non-hydrogen) atoms. The third-order valence-corrected chi connectivity index (χ3v) is 6.48. The number of hydrogen-bond acceptors (Lipinski definition) is 6. The molecule has 4 atom stereocenters. The first-order valence-electron chi connectivity index (χ1n) is 8.99. The van der Waals surface area contributed by atoms with Gasteiger partial charge in [-0.2, -0.15) is 4.98 Å². The fourth-order valence-corrected chi connectivity index (χ4v) is 5.02. The summed E-state index contributed by atoms with van der Waals surface area (Å²) in [6, 6.07) is 0.321. The Hall–Kier alpha value is -1.11. The molecule has 0 radical (unpaired) electrons. The third kappa shape index (κ3) is 2.85. The van der Waals surface area contributed by atoms with Crippen LogP contribution in [0.15, 0.2) is 0 Å². The van der Waals surface area contributed by atoms with Crippen LogP contribution in [0.5, 0.6) is 0 Å². The molecule has 3 heterocycles. The van der Waals surface area contributed by atoms with Crippen molar-refractivity contribution in [3.05, 3.63) is 10.7 Å². The largest absolute Gasteiger partial charge is 0.391 e. The van der Waals surface area contributed by atoms with E-state index in [4.69, 9.17) is 17.3 Å². The van der Waals surface area contributed by atoms with E-state index in [0.717, 1.165) is 50.5 Å². The summed E-state index contributed by atoms with van der Waals surface area (Å²) in [6.45, 7) is 5.97. The maximum atomic E-state index is 10.6. The summed E-state index contributed by atoms with van der Waals surface area (Å²) in [7, 11) is 0. The number of aromatic nitrogens is 2. The molecule has 0 bridgehead atoms. The number of rotatable bonds is 2. The minimum absolute atomic E-state index is 0.211. The summed E-state index contributed by atoms with van der Waals surface area (Å²) < 4.78 is 0. The average Bonchev–Trinajstić information content (AvgIpc) is 3.18. The van der Waals surface area contributed by atoms with Crippen LogP contribution in [0, 0.1) is 18.8 Å². The van der Waals surface area contributed by atoms with Gasteiger partial charge in [0.1, 0.15) is 5.02 Å². The Labute approximate surface area is 148 Å². The lowest BCUT2D eigenvalue weighted by molar-refractivity contribution is -0.000854. The van der Waals surface area contributed by atoms with E-state index < -0.39 is 0 Å². The molecule has 6 nitrogen and oxygen atoms in total. The lowest BCUT2D eigenvalue weighted by Gasteiger charge is -2.40. The lowest BCUT2D eigenvalue weighted by atomic mass is 9.77. The zero-order chi connectivity index (χ0) is 16.8. The fraction of sp³-hybridized carbons (Fsp3) is 0.765. The van der Waals surface area contributed by atoms with Crippen LogP contribution in [0.4, 0.5) is 11.8 Å². The van der Waals surface area contributed by atoms with E-state index in [1.165, 1.54) is 12.8 Å². The number of aryl methyl sites for hydroxylation is 1. The van der Waals surface area contributed by atoms with Crippen LogP contribution < -0.4 is 10.6 Å². The molecule has 4 rings (SSSR count). The Kier molecular flexibility index (Phi) is 4.31. The molecule has 0 unspecified atom stereocenters. The van der Waals surface area contributed by atoms with Crippen molar-refractivity contribution in [1.82, 2.24) is 14.9 Å². The van der Waals surface area contributed by atoms with Gasteiger partial charge in [-0.25, -0.2) is 4.98 Å². The highest BCUT2D eigenvalue weighted by atomic mass is 35.5. The molecule has 3 aliphatic rings. The van der Waals surface area contributed by atoms with Crippen molar-refractivity contribution in [2.75, 3.05) is 36.8 Å². The molecule has 3 fully saturated rings. The molecular formula is C17H26ClN5O. The van der Waals surface area contributed by atoms with Crippen LogP contribution >= 0.6 is 11.6 Å². The van der Waals surface area contributed by atoms with Gasteiger partial charge in [-0.05, 0) is 57.5 Å². The van der Waals surface area contributed by atoms with Gasteiger partial charge in [-0.3, -0.25) is 4.90 Å². The van der Waals surface area contributed by atoms with Crippen molar-refractivity contribution in [2.24, 2.45) is 11.8 Å². The monoisotopic (exact) mass is 351 g/mol. The first kappa shape index (κ1) is 16.4. The Morgan fingerprint density at radius 2 is 1.79 bits per heavy atom. The van der Waals surface area contributed by atoms with Crippen molar-refractivity contribution in [3.63, 3.8) is 0 Å². The molecule has 1 saturated carbocycles. The topological polar surface area (TPSA) is 78.5 Å². The molecule has 0 amide bonds. The van der Waals surface area contributed by atoms with E-state index in [9.17, 15) is 5.11 Å². The van der Waals surface area contributed by atoms with Gasteiger partial charge in [-0.1, -0.05) is 11.6 Å². The number of fused-ring (bicyclic) bond motifs is 1. The molecular weight excluding hydrogens is 326 g/mol. The van der Waals surface area contributed by atoms with Gasteiger partial charge in [0, 0.05) is 19.1 Å². The van der Waals surface area contributed by atoms with Crippen molar-refractivity contribution in [1.29, 1.82) is 0 Å². The van der Waals surface area contributed by atoms with E-state index in [2.05, 4.69) is 19.8 Å². The van der Waals surface area contributed by atoms with E-state index in [0.29, 0.717) is 22.9 Å². The Morgan fingerprint density at radius 3 is 2.50 bits per heavy atom. The van der Waals surface area contributed by atoms with E-state index in [1.807, 2.05) is 6.92 Å². The summed E-state index contributed by atoms with van der Waals surface area (Å²) >= 11 is 6.42. The summed E-state index contributed by atoms with van der Waals surface area (Å²) in [5.41, 5.74) is 6.54. The predicted molar refractivity (Wildman–Crippen MR) is 95.2 cm³/mol. The van der Waals surface area contributed by atoms with Gasteiger partial charge in [0.05, 0.1) is 11.8 Å². The lowest BCUT2D eigenvalue weighted by Crippen LogP contribution is -2.48. The number of aliphatic hydroxyl groups is 1. The molecule has 3 N–H and O–H groups in total.